The molecule has 1 aliphatic rings. The van der Waals surface area contributed by atoms with Gasteiger partial charge in [0.05, 0.1) is 7.11 Å². The second-order valence-corrected chi connectivity index (χ2v) is 6.02. The van der Waals surface area contributed by atoms with Crippen LogP contribution in [0.4, 0.5) is 0 Å². The van der Waals surface area contributed by atoms with Gasteiger partial charge in [-0.1, -0.05) is 13.0 Å². The van der Waals surface area contributed by atoms with Gasteiger partial charge in [0, 0.05) is 25.2 Å². The largest absolute Gasteiger partial charge is 0.504 e. The van der Waals surface area contributed by atoms with E-state index >= 15 is 0 Å². The topological polar surface area (TPSA) is 35.9 Å². The number of phenols is 1. The molecule has 0 spiro atoms. The molecule has 1 aliphatic heterocycles. The first kappa shape index (κ1) is 16.1. The molecule has 21 heavy (non-hydrogen) atoms. The molecule has 1 aromatic carbocycles. The third-order valence-electron chi connectivity index (χ3n) is 4.60. The van der Waals surface area contributed by atoms with Crippen molar-refractivity contribution < 1.29 is 9.84 Å². The van der Waals surface area contributed by atoms with Crippen molar-refractivity contribution in [3.63, 3.8) is 0 Å². The number of methoxy groups -OCH3 is 1. The molecule has 1 heterocycles. The van der Waals surface area contributed by atoms with Crippen LogP contribution < -0.4 is 4.74 Å². The monoisotopic (exact) mass is 292 g/mol. The first-order valence-electron chi connectivity index (χ1n) is 7.88. The van der Waals surface area contributed by atoms with Gasteiger partial charge in [0.15, 0.2) is 11.5 Å². The molecule has 4 heteroatoms. The Balaban J connectivity index is 2.22. The first-order chi connectivity index (χ1) is 10.1. The molecular formula is C17H28N2O2. The van der Waals surface area contributed by atoms with Gasteiger partial charge in [0.25, 0.3) is 0 Å². The van der Waals surface area contributed by atoms with Crippen LogP contribution in [-0.2, 0) is 0 Å². The molecule has 2 atom stereocenters. The summed E-state index contributed by atoms with van der Waals surface area (Å²) in [7, 11) is 3.81. The molecule has 0 bridgehead atoms. The summed E-state index contributed by atoms with van der Waals surface area (Å²) in [5.41, 5.74) is 1.20. The molecule has 1 fully saturated rings. The Morgan fingerprint density at radius 3 is 2.81 bits per heavy atom. The van der Waals surface area contributed by atoms with Gasteiger partial charge in [-0.3, -0.25) is 4.90 Å². The number of hydrogen-bond acceptors (Lipinski definition) is 4. The third-order valence-corrected chi connectivity index (χ3v) is 4.60. The Hall–Kier alpha value is -1.26. The molecule has 1 N–H and O–H groups in total. The van der Waals surface area contributed by atoms with Crippen molar-refractivity contribution in [2.24, 2.45) is 0 Å². The number of aromatic hydroxyl groups is 1. The van der Waals surface area contributed by atoms with Crippen LogP contribution in [0.5, 0.6) is 11.5 Å². The van der Waals surface area contributed by atoms with Crippen LogP contribution >= 0.6 is 0 Å². The number of likely N-dealkylation sites (N-methyl/N-ethyl adjacent to an activating group) is 1. The minimum absolute atomic E-state index is 0.205. The lowest BCUT2D eigenvalue weighted by Gasteiger charge is -2.35. The molecule has 4 nitrogen and oxygen atoms in total. The molecule has 0 aliphatic carbocycles. The highest BCUT2D eigenvalue weighted by Crippen LogP contribution is 2.32. The van der Waals surface area contributed by atoms with E-state index in [0.29, 0.717) is 17.8 Å². The molecular weight excluding hydrogens is 264 g/mol. The summed E-state index contributed by atoms with van der Waals surface area (Å²) in [4.78, 5) is 5.02. The standard InChI is InChI=1S/C17H28N2O2/c1-5-15-12-18(3)9-6-10-19(15)13(2)14-7-8-16(20)17(11-14)21-4/h7-8,11,13,15,20H,5-6,9-10,12H2,1-4H3. The van der Waals surface area contributed by atoms with Gasteiger partial charge in [-0.15, -0.1) is 0 Å². The lowest BCUT2D eigenvalue weighted by atomic mass is 10.0. The second-order valence-electron chi connectivity index (χ2n) is 6.02. The van der Waals surface area contributed by atoms with Gasteiger partial charge >= 0.3 is 0 Å². The minimum atomic E-state index is 0.205. The van der Waals surface area contributed by atoms with Crippen LogP contribution in [0.3, 0.4) is 0 Å². The Morgan fingerprint density at radius 1 is 1.38 bits per heavy atom. The predicted octanol–water partition coefficient (Wildman–Crippen LogP) is 2.88. The highest BCUT2D eigenvalue weighted by atomic mass is 16.5. The van der Waals surface area contributed by atoms with Gasteiger partial charge in [0.2, 0.25) is 0 Å². The van der Waals surface area contributed by atoms with Crippen molar-refractivity contribution >= 4 is 0 Å². The van der Waals surface area contributed by atoms with Crippen LogP contribution in [0.15, 0.2) is 18.2 Å². The average molecular weight is 292 g/mol. The summed E-state index contributed by atoms with van der Waals surface area (Å²) in [6.45, 7) is 7.92. The zero-order chi connectivity index (χ0) is 15.4. The maximum atomic E-state index is 9.76. The molecule has 118 valence electrons. The van der Waals surface area contributed by atoms with Crippen molar-refractivity contribution in [1.82, 2.24) is 9.80 Å². The summed E-state index contributed by atoms with van der Waals surface area (Å²) in [5.74, 6) is 0.760. The maximum Gasteiger partial charge on any atom is 0.160 e. The Bertz CT molecular complexity index is 464. The Labute approximate surface area is 128 Å². The molecule has 0 aromatic heterocycles. The van der Waals surface area contributed by atoms with Crippen molar-refractivity contribution in [2.75, 3.05) is 33.8 Å². The van der Waals surface area contributed by atoms with Crippen molar-refractivity contribution in [3.8, 4) is 11.5 Å². The number of ether oxygens (including phenoxy) is 1. The lowest BCUT2D eigenvalue weighted by molar-refractivity contribution is 0.137. The van der Waals surface area contributed by atoms with Crippen molar-refractivity contribution in [2.45, 2.75) is 38.8 Å². The molecule has 2 unspecified atom stereocenters. The smallest absolute Gasteiger partial charge is 0.160 e. The molecule has 1 saturated heterocycles. The fraction of sp³-hybridized carbons (Fsp3) is 0.647. The van der Waals surface area contributed by atoms with Crippen LogP contribution in [0, 0.1) is 0 Å². The minimum Gasteiger partial charge on any atom is -0.504 e. The lowest BCUT2D eigenvalue weighted by Crippen LogP contribution is -2.41. The van der Waals surface area contributed by atoms with E-state index in [1.165, 1.54) is 18.5 Å². The van der Waals surface area contributed by atoms with Crippen LogP contribution in [-0.4, -0.2) is 54.7 Å². The molecule has 1 aromatic rings. The third kappa shape index (κ3) is 3.69. The van der Waals surface area contributed by atoms with E-state index in [9.17, 15) is 5.11 Å². The van der Waals surface area contributed by atoms with Crippen LogP contribution in [0.25, 0.3) is 0 Å². The summed E-state index contributed by atoms with van der Waals surface area (Å²) in [6, 6.07) is 6.60. The summed E-state index contributed by atoms with van der Waals surface area (Å²) in [5, 5.41) is 9.76. The highest BCUT2D eigenvalue weighted by molar-refractivity contribution is 5.42. The summed E-state index contributed by atoms with van der Waals surface area (Å²) in [6.07, 6.45) is 2.36. The zero-order valence-electron chi connectivity index (χ0n) is 13.7. The average Bonchev–Trinajstić information content (AvgIpc) is 2.68. The Morgan fingerprint density at radius 2 is 2.14 bits per heavy atom. The normalized spacial score (nSPS) is 22.8. The molecule has 0 amide bonds. The SMILES string of the molecule is CCC1CN(C)CCCN1C(C)c1ccc(O)c(OC)c1. The van der Waals surface area contributed by atoms with E-state index in [0.717, 1.165) is 19.5 Å². The summed E-state index contributed by atoms with van der Waals surface area (Å²) < 4.78 is 5.24. The van der Waals surface area contributed by atoms with Crippen LogP contribution in [0.2, 0.25) is 0 Å². The van der Waals surface area contributed by atoms with Crippen molar-refractivity contribution in [3.05, 3.63) is 23.8 Å². The number of hydrogen-bond donors (Lipinski definition) is 1. The second kappa shape index (κ2) is 7.14. The number of phenolic OH excluding ortho intramolecular Hbond substituents is 1. The first-order valence-corrected chi connectivity index (χ1v) is 7.88. The number of benzene rings is 1. The van der Waals surface area contributed by atoms with Gasteiger partial charge in [-0.05, 0) is 51.1 Å². The molecule has 0 radical (unpaired) electrons. The van der Waals surface area contributed by atoms with Crippen molar-refractivity contribution in [1.29, 1.82) is 0 Å². The van der Waals surface area contributed by atoms with Gasteiger partial charge in [0.1, 0.15) is 0 Å². The van der Waals surface area contributed by atoms with E-state index in [1.54, 1.807) is 13.2 Å². The van der Waals surface area contributed by atoms with Gasteiger partial charge in [-0.25, -0.2) is 0 Å². The van der Waals surface area contributed by atoms with E-state index in [1.807, 2.05) is 12.1 Å². The van der Waals surface area contributed by atoms with E-state index in [2.05, 4.69) is 30.7 Å². The zero-order valence-corrected chi connectivity index (χ0v) is 13.7. The molecule has 2 rings (SSSR count). The number of rotatable bonds is 4. The highest BCUT2D eigenvalue weighted by Gasteiger charge is 2.27. The number of nitrogens with zero attached hydrogens (tertiary/aromatic N) is 2. The van der Waals surface area contributed by atoms with E-state index in [4.69, 9.17) is 4.74 Å². The van der Waals surface area contributed by atoms with E-state index in [-0.39, 0.29) is 5.75 Å². The quantitative estimate of drug-likeness (QED) is 0.925. The van der Waals surface area contributed by atoms with E-state index < -0.39 is 0 Å². The van der Waals surface area contributed by atoms with Crippen LogP contribution in [0.1, 0.15) is 38.3 Å². The Kier molecular flexibility index (Phi) is 5.48. The van der Waals surface area contributed by atoms with Gasteiger partial charge < -0.3 is 14.7 Å². The summed E-state index contributed by atoms with van der Waals surface area (Å²) >= 11 is 0. The predicted molar refractivity (Wildman–Crippen MR) is 86.0 cm³/mol. The molecule has 0 saturated carbocycles. The maximum absolute atomic E-state index is 9.76. The van der Waals surface area contributed by atoms with Gasteiger partial charge in [-0.2, -0.15) is 0 Å². The fourth-order valence-corrected chi connectivity index (χ4v) is 3.28. The fourth-order valence-electron chi connectivity index (χ4n) is 3.28.